The number of ether oxygens (including phenoxy) is 1. The van der Waals surface area contributed by atoms with E-state index in [1.807, 2.05) is 0 Å². The normalized spacial score (nSPS) is 12.0. The maximum Gasteiger partial charge on any atom is 0.422 e. The number of aromatic nitrogens is 3. The minimum atomic E-state index is -4.44. The second kappa shape index (κ2) is 7.40. The molecule has 0 aliphatic heterocycles. The molecule has 0 atom stereocenters. The molecule has 28 heavy (non-hydrogen) atoms. The van der Waals surface area contributed by atoms with E-state index in [0.717, 1.165) is 0 Å². The number of hydrogen-bond acceptors (Lipinski definition) is 5. The van der Waals surface area contributed by atoms with E-state index in [2.05, 4.69) is 19.7 Å². The summed E-state index contributed by atoms with van der Waals surface area (Å²) in [6.07, 6.45) is 1.40. The highest BCUT2D eigenvalue weighted by Crippen LogP contribution is 2.26. The molecule has 0 aliphatic rings. The van der Waals surface area contributed by atoms with E-state index in [4.69, 9.17) is 11.0 Å². The Kier molecular flexibility index (Phi) is 5.00. The van der Waals surface area contributed by atoms with E-state index in [-0.39, 0.29) is 11.5 Å². The number of primary amides is 1. The van der Waals surface area contributed by atoms with Crippen LogP contribution in [0.2, 0.25) is 0 Å². The maximum absolute atomic E-state index is 12.2. The third-order valence-corrected chi connectivity index (χ3v) is 3.70. The van der Waals surface area contributed by atoms with Crippen LogP contribution in [0.25, 0.3) is 28.2 Å². The van der Waals surface area contributed by atoms with Gasteiger partial charge in [-0.15, -0.1) is 0 Å². The third kappa shape index (κ3) is 4.27. The zero-order valence-corrected chi connectivity index (χ0v) is 14.1. The molecule has 0 aliphatic carbocycles. The zero-order valence-electron chi connectivity index (χ0n) is 14.1. The van der Waals surface area contributed by atoms with Crippen molar-refractivity contribution in [3.8, 4) is 23.1 Å². The molecule has 142 valence electrons. The van der Waals surface area contributed by atoms with E-state index in [0.29, 0.717) is 27.7 Å². The molecule has 0 aromatic carbocycles. The van der Waals surface area contributed by atoms with Gasteiger partial charge in [0.15, 0.2) is 6.61 Å². The van der Waals surface area contributed by atoms with Crippen molar-refractivity contribution in [3.63, 3.8) is 0 Å². The summed E-state index contributed by atoms with van der Waals surface area (Å²) < 4.78 is 41.1. The second-order valence-corrected chi connectivity index (χ2v) is 5.69. The number of H-pyrrole nitrogens is 1. The standard InChI is InChI=1S/C18H12F3N5O2/c19-18(20,21)9-28-15-2-1-10(6-24-15)12-4-14-13(3-11(5-22)16(23)27)8-26-17(14)25-7-12/h1-4,6-8H,9H2,(H2,23,27)(H,25,26)/b11-3+. The van der Waals surface area contributed by atoms with E-state index in [9.17, 15) is 18.0 Å². The Morgan fingerprint density at radius 3 is 2.64 bits per heavy atom. The molecule has 3 aromatic heterocycles. The highest BCUT2D eigenvalue weighted by Gasteiger charge is 2.28. The van der Waals surface area contributed by atoms with Gasteiger partial charge in [-0.1, -0.05) is 0 Å². The molecule has 3 aromatic rings. The molecule has 0 spiro atoms. The second-order valence-electron chi connectivity index (χ2n) is 5.69. The van der Waals surface area contributed by atoms with Crippen molar-refractivity contribution < 1.29 is 22.7 Å². The number of nitrogens with one attached hydrogen (secondary N) is 1. The van der Waals surface area contributed by atoms with Crippen molar-refractivity contribution in [2.45, 2.75) is 6.18 Å². The smallest absolute Gasteiger partial charge is 0.422 e. The summed E-state index contributed by atoms with van der Waals surface area (Å²) >= 11 is 0. The van der Waals surface area contributed by atoms with Crippen LogP contribution in [0.5, 0.6) is 5.88 Å². The number of carbonyl (C=O) groups excluding carboxylic acids is 1. The van der Waals surface area contributed by atoms with Gasteiger partial charge in [0.05, 0.1) is 0 Å². The number of fused-ring (bicyclic) bond motifs is 1. The number of halogens is 3. The van der Waals surface area contributed by atoms with Crippen molar-refractivity contribution in [1.82, 2.24) is 15.0 Å². The van der Waals surface area contributed by atoms with Gasteiger partial charge in [0, 0.05) is 46.7 Å². The predicted octanol–water partition coefficient (Wildman–Crippen LogP) is 2.96. The Bertz CT molecular complexity index is 1100. The lowest BCUT2D eigenvalue weighted by molar-refractivity contribution is -0.154. The largest absolute Gasteiger partial charge is 0.468 e. The van der Waals surface area contributed by atoms with E-state index < -0.39 is 18.7 Å². The van der Waals surface area contributed by atoms with Gasteiger partial charge in [-0.05, 0) is 18.2 Å². The van der Waals surface area contributed by atoms with Crippen LogP contribution in [0.15, 0.2) is 42.4 Å². The van der Waals surface area contributed by atoms with Crippen LogP contribution in [-0.4, -0.2) is 33.6 Å². The maximum atomic E-state index is 12.2. The number of aromatic amines is 1. The van der Waals surface area contributed by atoms with Crippen LogP contribution in [0, 0.1) is 11.3 Å². The average molecular weight is 387 g/mol. The lowest BCUT2D eigenvalue weighted by atomic mass is 10.1. The van der Waals surface area contributed by atoms with Crippen molar-refractivity contribution in [3.05, 3.63) is 47.9 Å². The molecule has 0 unspecified atom stereocenters. The Hall–Kier alpha value is -3.87. The van der Waals surface area contributed by atoms with Crippen LogP contribution in [0.3, 0.4) is 0 Å². The summed E-state index contributed by atoms with van der Waals surface area (Å²) in [5.74, 6) is -1.000. The summed E-state index contributed by atoms with van der Waals surface area (Å²) in [5.41, 5.74) is 7.23. The summed E-state index contributed by atoms with van der Waals surface area (Å²) in [4.78, 5) is 22.3. The number of nitrogens with zero attached hydrogens (tertiary/aromatic N) is 3. The molecule has 0 saturated heterocycles. The number of nitriles is 1. The first-order chi connectivity index (χ1) is 13.3. The Balaban J connectivity index is 1.91. The molecule has 7 nitrogen and oxygen atoms in total. The molecule has 1 amide bonds. The van der Waals surface area contributed by atoms with Gasteiger partial charge >= 0.3 is 6.18 Å². The van der Waals surface area contributed by atoms with Crippen molar-refractivity contribution >= 4 is 23.0 Å². The molecule has 0 fully saturated rings. The molecule has 3 rings (SSSR count). The number of amides is 1. The Labute approximate surface area is 156 Å². The average Bonchev–Trinajstić information content (AvgIpc) is 3.06. The lowest BCUT2D eigenvalue weighted by Gasteiger charge is -2.08. The highest BCUT2D eigenvalue weighted by molar-refractivity contribution is 6.03. The van der Waals surface area contributed by atoms with E-state index in [1.165, 1.54) is 18.3 Å². The van der Waals surface area contributed by atoms with Crippen molar-refractivity contribution in [2.75, 3.05) is 6.61 Å². The van der Waals surface area contributed by atoms with Gasteiger partial charge in [0.2, 0.25) is 5.88 Å². The van der Waals surface area contributed by atoms with Crippen molar-refractivity contribution in [2.24, 2.45) is 5.73 Å². The number of alkyl halides is 3. The highest BCUT2D eigenvalue weighted by atomic mass is 19.4. The van der Waals surface area contributed by atoms with Gasteiger partial charge in [-0.25, -0.2) is 9.97 Å². The fraction of sp³-hybridized carbons (Fsp3) is 0.111. The Morgan fingerprint density at radius 2 is 2.04 bits per heavy atom. The predicted molar refractivity (Wildman–Crippen MR) is 93.7 cm³/mol. The lowest BCUT2D eigenvalue weighted by Crippen LogP contribution is -2.19. The molecule has 3 N–H and O–H groups in total. The molecular formula is C18H12F3N5O2. The van der Waals surface area contributed by atoms with Crippen LogP contribution >= 0.6 is 0 Å². The van der Waals surface area contributed by atoms with Gasteiger partial charge in [-0.2, -0.15) is 18.4 Å². The number of nitrogens with two attached hydrogens (primary N) is 1. The van der Waals surface area contributed by atoms with Gasteiger partial charge < -0.3 is 15.5 Å². The summed E-state index contributed by atoms with van der Waals surface area (Å²) in [6, 6.07) is 6.34. The molecule has 0 bridgehead atoms. The quantitative estimate of drug-likeness (QED) is 0.515. The van der Waals surface area contributed by atoms with E-state index >= 15 is 0 Å². The Morgan fingerprint density at radius 1 is 1.29 bits per heavy atom. The van der Waals surface area contributed by atoms with Gasteiger partial charge in [-0.3, -0.25) is 4.79 Å². The fourth-order valence-corrected chi connectivity index (χ4v) is 2.41. The SMILES string of the molecule is N#C/C(=C\c1c[nH]c2ncc(-c3ccc(OCC(F)(F)F)nc3)cc12)C(N)=O. The first-order valence-electron chi connectivity index (χ1n) is 7.81. The van der Waals surface area contributed by atoms with Crippen LogP contribution < -0.4 is 10.5 Å². The van der Waals surface area contributed by atoms with Crippen LogP contribution in [-0.2, 0) is 4.79 Å². The van der Waals surface area contributed by atoms with Crippen molar-refractivity contribution in [1.29, 1.82) is 5.26 Å². The fourth-order valence-electron chi connectivity index (χ4n) is 2.41. The third-order valence-electron chi connectivity index (χ3n) is 3.70. The minimum absolute atomic E-state index is 0.152. The molecule has 0 radical (unpaired) electrons. The van der Waals surface area contributed by atoms with Gasteiger partial charge in [0.25, 0.3) is 5.91 Å². The monoisotopic (exact) mass is 387 g/mol. The number of carbonyl (C=O) groups is 1. The summed E-state index contributed by atoms with van der Waals surface area (Å²) in [7, 11) is 0. The summed E-state index contributed by atoms with van der Waals surface area (Å²) in [5, 5.41) is 9.61. The minimum Gasteiger partial charge on any atom is -0.468 e. The first-order valence-corrected chi connectivity index (χ1v) is 7.81. The molecular weight excluding hydrogens is 375 g/mol. The van der Waals surface area contributed by atoms with Gasteiger partial charge in [0.1, 0.15) is 17.3 Å². The van der Waals surface area contributed by atoms with Crippen LogP contribution in [0.1, 0.15) is 5.56 Å². The number of hydrogen-bond donors (Lipinski definition) is 2. The zero-order chi connectivity index (χ0) is 20.3. The first kappa shape index (κ1) is 18.9. The number of pyridine rings is 2. The van der Waals surface area contributed by atoms with E-state index in [1.54, 1.807) is 30.6 Å². The molecule has 10 heteroatoms. The van der Waals surface area contributed by atoms with Crippen LogP contribution in [0.4, 0.5) is 13.2 Å². The number of rotatable bonds is 5. The molecule has 0 saturated carbocycles. The summed E-state index contributed by atoms with van der Waals surface area (Å²) in [6.45, 7) is -1.42. The molecule has 3 heterocycles. The topological polar surface area (TPSA) is 118 Å².